The molecule has 2 aromatic heterocycles. The number of hydrogen-bond donors (Lipinski definition) is 2. The van der Waals surface area contributed by atoms with E-state index >= 15 is 0 Å². The molecule has 0 saturated carbocycles. The van der Waals surface area contributed by atoms with Crippen LogP contribution in [0.25, 0.3) is 0 Å². The molecule has 3 aromatic rings. The van der Waals surface area contributed by atoms with Gasteiger partial charge in [0.25, 0.3) is 5.91 Å². The summed E-state index contributed by atoms with van der Waals surface area (Å²) >= 11 is 0. The van der Waals surface area contributed by atoms with Crippen LogP contribution in [0.5, 0.6) is 0 Å². The molecule has 31 heavy (non-hydrogen) atoms. The van der Waals surface area contributed by atoms with Gasteiger partial charge in [0, 0.05) is 18.5 Å². The van der Waals surface area contributed by atoms with E-state index in [-0.39, 0.29) is 11.1 Å². The maximum atomic E-state index is 13.5. The largest absolute Gasteiger partial charge is 0.418 e. The number of aromatic amines is 1. The third-order valence-corrected chi connectivity index (χ3v) is 4.31. The number of nitrogens with one attached hydrogen (secondary N) is 2. The fourth-order valence-corrected chi connectivity index (χ4v) is 2.83. The van der Waals surface area contributed by atoms with Crippen LogP contribution in [0.2, 0.25) is 0 Å². The molecular weight excluding hydrogens is 428 g/mol. The Balaban J connectivity index is 2.08. The summed E-state index contributed by atoms with van der Waals surface area (Å²) in [6.07, 6.45) is -7.33. The first-order valence-corrected chi connectivity index (χ1v) is 8.65. The summed E-state index contributed by atoms with van der Waals surface area (Å²) in [5.41, 5.74) is -3.36. The van der Waals surface area contributed by atoms with Crippen molar-refractivity contribution in [2.45, 2.75) is 18.4 Å². The van der Waals surface area contributed by atoms with Gasteiger partial charge >= 0.3 is 12.4 Å². The molecule has 1 atom stereocenters. The lowest BCUT2D eigenvalue weighted by Crippen LogP contribution is -2.32. The molecule has 0 aliphatic heterocycles. The van der Waals surface area contributed by atoms with E-state index in [0.29, 0.717) is 12.1 Å². The average molecular weight is 441 g/mol. The molecule has 1 aromatic carbocycles. The molecular formula is C20H13F6N3O2. The standard InChI is InChI=1S/C20H13F6N3O2/c21-19(22,23)13-6-3-11(4-7-13)16(17-14(20(24,25)26)2-1-9-27-17)29-18(31)12-5-8-15(30)28-10-12/h1-10,16H,(H,28,30)(H,29,31). The van der Waals surface area contributed by atoms with Crippen LogP contribution in [-0.4, -0.2) is 15.9 Å². The molecule has 0 bridgehead atoms. The molecule has 1 amide bonds. The average Bonchev–Trinajstić information content (AvgIpc) is 2.71. The SMILES string of the molecule is O=C(NC(c1ccc(C(F)(F)F)cc1)c1ncccc1C(F)(F)F)c1ccc(=O)[nH]c1. The summed E-state index contributed by atoms with van der Waals surface area (Å²) < 4.78 is 79.1. The number of H-pyrrole nitrogens is 1. The summed E-state index contributed by atoms with van der Waals surface area (Å²) in [6, 6.07) is 5.83. The van der Waals surface area contributed by atoms with Crippen LogP contribution in [-0.2, 0) is 12.4 Å². The van der Waals surface area contributed by atoms with Crippen LogP contribution in [0.3, 0.4) is 0 Å². The van der Waals surface area contributed by atoms with Crippen molar-refractivity contribution in [1.29, 1.82) is 0 Å². The minimum absolute atomic E-state index is 0.0463. The summed E-state index contributed by atoms with van der Waals surface area (Å²) in [4.78, 5) is 29.7. The second kappa shape index (κ2) is 8.25. The highest BCUT2D eigenvalue weighted by molar-refractivity contribution is 5.94. The van der Waals surface area contributed by atoms with E-state index in [0.717, 1.165) is 48.8 Å². The molecule has 0 fully saturated rings. The highest BCUT2D eigenvalue weighted by Gasteiger charge is 2.37. The molecule has 0 aliphatic carbocycles. The minimum atomic E-state index is -4.82. The van der Waals surface area contributed by atoms with Crippen LogP contribution in [0.4, 0.5) is 26.3 Å². The molecule has 3 rings (SSSR count). The molecule has 5 nitrogen and oxygen atoms in total. The zero-order valence-electron chi connectivity index (χ0n) is 15.4. The van der Waals surface area contributed by atoms with Crippen LogP contribution in [0.1, 0.15) is 38.8 Å². The van der Waals surface area contributed by atoms with Crippen molar-refractivity contribution >= 4 is 5.91 Å². The van der Waals surface area contributed by atoms with E-state index < -0.39 is 46.7 Å². The number of nitrogens with zero attached hydrogens (tertiary/aromatic N) is 1. The van der Waals surface area contributed by atoms with E-state index in [1.54, 1.807) is 0 Å². The molecule has 11 heteroatoms. The number of carbonyl (C=O) groups excluding carboxylic acids is 1. The number of halogens is 6. The molecule has 0 spiro atoms. The van der Waals surface area contributed by atoms with Gasteiger partial charge in [-0.2, -0.15) is 26.3 Å². The van der Waals surface area contributed by atoms with Crippen LogP contribution in [0.15, 0.2) is 65.7 Å². The summed E-state index contributed by atoms with van der Waals surface area (Å²) in [7, 11) is 0. The van der Waals surface area contributed by atoms with Crippen LogP contribution in [0, 0.1) is 0 Å². The third kappa shape index (κ3) is 5.11. The molecule has 2 N–H and O–H groups in total. The van der Waals surface area contributed by atoms with Crippen molar-refractivity contribution in [2.75, 3.05) is 0 Å². The lowest BCUT2D eigenvalue weighted by atomic mass is 9.97. The van der Waals surface area contributed by atoms with Crippen LogP contribution < -0.4 is 10.9 Å². The Hall–Kier alpha value is -3.63. The second-order valence-electron chi connectivity index (χ2n) is 6.40. The van der Waals surface area contributed by atoms with Gasteiger partial charge in [-0.15, -0.1) is 0 Å². The van der Waals surface area contributed by atoms with Crippen molar-refractivity contribution < 1.29 is 31.1 Å². The van der Waals surface area contributed by atoms with E-state index in [4.69, 9.17) is 0 Å². The fraction of sp³-hybridized carbons (Fsp3) is 0.150. The quantitative estimate of drug-likeness (QED) is 0.592. The topological polar surface area (TPSA) is 74.8 Å². The zero-order chi connectivity index (χ0) is 22.8. The fourth-order valence-electron chi connectivity index (χ4n) is 2.83. The third-order valence-electron chi connectivity index (χ3n) is 4.31. The number of alkyl halides is 6. The van der Waals surface area contributed by atoms with Gasteiger partial charge < -0.3 is 10.3 Å². The number of hydrogen-bond acceptors (Lipinski definition) is 3. The second-order valence-corrected chi connectivity index (χ2v) is 6.40. The first-order valence-electron chi connectivity index (χ1n) is 8.65. The van der Waals surface area contributed by atoms with Gasteiger partial charge in [-0.1, -0.05) is 12.1 Å². The van der Waals surface area contributed by atoms with Gasteiger partial charge in [0.1, 0.15) is 0 Å². The normalized spacial score (nSPS) is 13.0. The number of carbonyl (C=O) groups is 1. The van der Waals surface area contributed by atoms with Gasteiger partial charge in [-0.05, 0) is 35.9 Å². The Bertz CT molecular complexity index is 1120. The molecule has 0 radical (unpaired) electrons. The van der Waals surface area contributed by atoms with Crippen molar-refractivity contribution in [3.05, 3.63) is 99.2 Å². The van der Waals surface area contributed by atoms with Gasteiger partial charge in [0.05, 0.1) is 28.4 Å². The molecule has 1 unspecified atom stereocenters. The van der Waals surface area contributed by atoms with Gasteiger partial charge in [-0.25, -0.2) is 0 Å². The summed E-state index contributed by atoms with van der Waals surface area (Å²) in [6.45, 7) is 0. The highest BCUT2D eigenvalue weighted by Crippen LogP contribution is 2.36. The van der Waals surface area contributed by atoms with Crippen LogP contribution >= 0.6 is 0 Å². The highest BCUT2D eigenvalue weighted by atomic mass is 19.4. The van der Waals surface area contributed by atoms with E-state index in [1.807, 2.05) is 0 Å². The van der Waals surface area contributed by atoms with E-state index in [9.17, 15) is 35.9 Å². The zero-order valence-corrected chi connectivity index (χ0v) is 15.4. The van der Waals surface area contributed by atoms with Crippen molar-refractivity contribution in [3.8, 4) is 0 Å². The Kier molecular flexibility index (Phi) is 5.87. The number of benzene rings is 1. The lowest BCUT2D eigenvalue weighted by Gasteiger charge is -2.22. The molecule has 2 heterocycles. The number of rotatable bonds is 4. The number of pyridine rings is 2. The number of amides is 1. The summed E-state index contributed by atoms with van der Waals surface area (Å²) in [5, 5.41) is 2.35. The number of aromatic nitrogens is 2. The van der Waals surface area contributed by atoms with Gasteiger partial charge in [0.2, 0.25) is 5.56 Å². The van der Waals surface area contributed by atoms with Crippen molar-refractivity contribution in [3.63, 3.8) is 0 Å². The smallest absolute Gasteiger partial charge is 0.339 e. The van der Waals surface area contributed by atoms with E-state index in [1.165, 1.54) is 0 Å². The first kappa shape index (κ1) is 22.1. The van der Waals surface area contributed by atoms with Crippen molar-refractivity contribution in [1.82, 2.24) is 15.3 Å². The maximum absolute atomic E-state index is 13.5. The first-order chi connectivity index (χ1) is 14.5. The predicted octanol–water partition coefficient (Wildman–Crippen LogP) is 4.33. The Morgan fingerprint density at radius 3 is 2.16 bits per heavy atom. The molecule has 0 saturated heterocycles. The minimum Gasteiger partial charge on any atom is -0.339 e. The van der Waals surface area contributed by atoms with E-state index in [2.05, 4.69) is 15.3 Å². The Morgan fingerprint density at radius 1 is 0.935 bits per heavy atom. The predicted molar refractivity (Wildman–Crippen MR) is 97.1 cm³/mol. The van der Waals surface area contributed by atoms with Gasteiger partial charge in [0.15, 0.2) is 0 Å². The van der Waals surface area contributed by atoms with Gasteiger partial charge in [-0.3, -0.25) is 14.6 Å². The lowest BCUT2D eigenvalue weighted by molar-refractivity contribution is -0.139. The molecule has 0 aliphatic rings. The van der Waals surface area contributed by atoms with Crippen molar-refractivity contribution in [2.24, 2.45) is 0 Å². The Labute approximate surface area is 170 Å². The molecule has 162 valence electrons. The maximum Gasteiger partial charge on any atom is 0.418 e. The Morgan fingerprint density at radius 2 is 1.61 bits per heavy atom. The monoisotopic (exact) mass is 441 g/mol. The summed E-state index contributed by atoms with van der Waals surface area (Å²) in [5.74, 6) is -0.861.